The predicted molar refractivity (Wildman–Crippen MR) is 83.5 cm³/mol. The highest BCUT2D eigenvalue weighted by atomic mass is 35.5. The number of aromatic nitrogens is 4. The Labute approximate surface area is 138 Å². The second-order valence-corrected chi connectivity index (χ2v) is 5.52. The fourth-order valence-corrected chi connectivity index (χ4v) is 2.27. The average Bonchev–Trinajstić information content (AvgIpc) is 3.04. The van der Waals surface area contributed by atoms with E-state index in [1.165, 1.54) is 17.1 Å². The third-order valence-electron chi connectivity index (χ3n) is 3.32. The van der Waals surface area contributed by atoms with Crippen LogP contribution in [0.25, 0.3) is 0 Å². The van der Waals surface area contributed by atoms with Gasteiger partial charge in [-0.15, -0.1) is 0 Å². The summed E-state index contributed by atoms with van der Waals surface area (Å²) < 4.78 is 3.02. The fraction of sp³-hybridized carbons (Fsp3) is 0.429. The molecule has 2 aromatic rings. The summed E-state index contributed by atoms with van der Waals surface area (Å²) in [6.45, 7) is 4.60. The SMILES string of the molecule is Cc1nn(CCCNC(=O)c2cnn(CC(=O)O)c2)c(C)c1Cl. The molecule has 8 nitrogen and oxygen atoms in total. The maximum Gasteiger partial charge on any atom is 0.325 e. The monoisotopic (exact) mass is 339 g/mol. The molecule has 0 saturated carbocycles. The zero-order valence-corrected chi connectivity index (χ0v) is 13.7. The van der Waals surface area contributed by atoms with Gasteiger partial charge in [0.25, 0.3) is 5.91 Å². The molecule has 9 heteroatoms. The van der Waals surface area contributed by atoms with Crippen molar-refractivity contribution in [3.63, 3.8) is 0 Å². The molecule has 0 saturated heterocycles. The number of carbonyl (C=O) groups excluding carboxylic acids is 1. The minimum Gasteiger partial charge on any atom is -0.480 e. The van der Waals surface area contributed by atoms with Crippen LogP contribution < -0.4 is 5.32 Å². The van der Waals surface area contributed by atoms with Crippen LogP contribution in [0.15, 0.2) is 12.4 Å². The second-order valence-electron chi connectivity index (χ2n) is 5.14. The van der Waals surface area contributed by atoms with Crippen molar-refractivity contribution in [2.24, 2.45) is 0 Å². The standard InChI is InChI=1S/C14H18ClN5O3/c1-9-13(15)10(2)20(18-9)5-3-4-16-14(23)11-6-17-19(7-11)8-12(21)22/h6-7H,3-5,8H2,1-2H3,(H,16,23)(H,21,22). The Morgan fingerprint density at radius 3 is 2.74 bits per heavy atom. The highest BCUT2D eigenvalue weighted by Crippen LogP contribution is 2.18. The van der Waals surface area contributed by atoms with E-state index < -0.39 is 5.97 Å². The van der Waals surface area contributed by atoms with Gasteiger partial charge in [0.1, 0.15) is 6.54 Å². The van der Waals surface area contributed by atoms with Crippen LogP contribution >= 0.6 is 11.6 Å². The maximum absolute atomic E-state index is 11.9. The lowest BCUT2D eigenvalue weighted by molar-refractivity contribution is -0.137. The number of carbonyl (C=O) groups is 2. The minimum atomic E-state index is -1.01. The number of hydrogen-bond acceptors (Lipinski definition) is 4. The Morgan fingerprint density at radius 2 is 2.13 bits per heavy atom. The van der Waals surface area contributed by atoms with E-state index in [2.05, 4.69) is 15.5 Å². The predicted octanol–water partition coefficient (Wildman–Crippen LogP) is 1.25. The van der Waals surface area contributed by atoms with E-state index in [1.807, 2.05) is 18.5 Å². The summed E-state index contributed by atoms with van der Waals surface area (Å²) in [6.07, 6.45) is 3.45. The van der Waals surface area contributed by atoms with E-state index in [0.717, 1.165) is 11.4 Å². The van der Waals surface area contributed by atoms with Gasteiger partial charge in [0.2, 0.25) is 0 Å². The largest absolute Gasteiger partial charge is 0.480 e. The van der Waals surface area contributed by atoms with Crippen molar-refractivity contribution >= 4 is 23.5 Å². The first-order chi connectivity index (χ1) is 10.9. The maximum atomic E-state index is 11.9. The average molecular weight is 340 g/mol. The van der Waals surface area contributed by atoms with Crippen molar-refractivity contribution < 1.29 is 14.7 Å². The smallest absolute Gasteiger partial charge is 0.325 e. The van der Waals surface area contributed by atoms with Crippen LogP contribution in [-0.2, 0) is 17.9 Å². The molecule has 2 N–H and O–H groups in total. The molecule has 0 fully saturated rings. The summed E-state index contributed by atoms with van der Waals surface area (Å²) in [4.78, 5) is 22.5. The highest BCUT2D eigenvalue weighted by molar-refractivity contribution is 6.31. The van der Waals surface area contributed by atoms with Crippen LogP contribution in [0.2, 0.25) is 5.02 Å². The topological polar surface area (TPSA) is 102 Å². The lowest BCUT2D eigenvalue weighted by Crippen LogP contribution is -2.25. The van der Waals surface area contributed by atoms with Gasteiger partial charge in [0, 0.05) is 19.3 Å². The zero-order valence-electron chi connectivity index (χ0n) is 12.9. The summed E-state index contributed by atoms with van der Waals surface area (Å²) >= 11 is 6.08. The van der Waals surface area contributed by atoms with Crippen molar-refractivity contribution in [3.8, 4) is 0 Å². The number of aryl methyl sites for hydroxylation is 2. The highest BCUT2D eigenvalue weighted by Gasteiger charge is 2.11. The first-order valence-corrected chi connectivity index (χ1v) is 7.48. The third kappa shape index (κ3) is 4.32. The lowest BCUT2D eigenvalue weighted by atomic mass is 10.3. The number of hydrogen-bond donors (Lipinski definition) is 2. The van der Waals surface area contributed by atoms with Crippen molar-refractivity contribution in [3.05, 3.63) is 34.4 Å². The first-order valence-electron chi connectivity index (χ1n) is 7.10. The first kappa shape index (κ1) is 17.0. The molecule has 0 unspecified atom stereocenters. The van der Waals surface area contributed by atoms with Gasteiger partial charge < -0.3 is 10.4 Å². The Morgan fingerprint density at radius 1 is 1.39 bits per heavy atom. The molecular formula is C14H18ClN5O3. The molecule has 0 aliphatic rings. The number of carboxylic acids is 1. The van der Waals surface area contributed by atoms with Crippen molar-refractivity contribution in [1.82, 2.24) is 24.9 Å². The van der Waals surface area contributed by atoms with Crippen molar-refractivity contribution in [2.75, 3.05) is 6.54 Å². The number of carboxylic acid groups (broad SMARTS) is 1. The molecule has 0 bridgehead atoms. The molecule has 0 aromatic carbocycles. The summed E-state index contributed by atoms with van der Waals surface area (Å²) in [5, 5.41) is 20.2. The van der Waals surface area contributed by atoms with Gasteiger partial charge in [-0.2, -0.15) is 10.2 Å². The van der Waals surface area contributed by atoms with Crippen LogP contribution in [-0.4, -0.2) is 43.1 Å². The second kappa shape index (κ2) is 7.28. The molecular weight excluding hydrogens is 322 g/mol. The molecule has 2 aromatic heterocycles. The molecule has 2 heterocycles. The van der Waals surface area contributed by atoms with Crippen molar-refractivity contribution in [1.29, 1.82) is 0 Å². The number of nitrogens with zero attached hydrogens (tertiary/aromatic N) is 4. The number of amides is 1. The van der Waals surface area contributed by atoms with Gasteiger partial charge in [-0.1, -0.05) is 11.6 Å². The van der Waals surface area contributed by atoms with Gasteiger partial charge >= 0.3 is 5.97 Å². The summed E-state index contributed by atoms with van der Waals surface area (Å²) in [5.41, 5.74) is 2.03. The Bertz CT molecular complexity index is 722. The van der Waals surface area contributed by atoms with E-state index in [0.29, 0.717) is 30.1 Å². The Hall–Kier alpha value is -2.35. The van der Waals surface area contributed by atoms with Crippen LogP contribution in [0.1, 0.15) is 28.2 Å². The molecule has 2 rings (SSSR count). The molecule has 124 valence electrons. The van der Waals surface area contributed by atoms with E-state index >= 15 is 0 Å². The van der Waals surface area contributed by atoms with Crippen LogP contribution in [0.4, 0.5) is 0 Å². The molecule has 0 radical (unpaired) electrons. The fourth-order valence-electron chi connectivity index (χ4n) is 2.13. The summed E-state index contributed by atoms with van der Waals surface area (Å²) in [5.74, 6) is -1.29. The van der Waals surface area contributed by atoms with E-state index in [4.69, 9.17) is 16.7 Å². The van der Waals surface area contributed by atoms with E-state index in [9.17, 15) is 9.59 Å². The van der Waals surface area contributed by atoms with E-state index in [-0.39, 0.29) is 12.5 Å². The van der Waals surface area contributed by atoms with Gasteiger partial charge in [-0.25, -0.2) is 0 Å². The quantitative estimate of drug-likeness (QED) is 0.739. The van der Waals surface area contributed by atoms with E-state index in [1.54, 1.807) is 0 Å². The normalized spacial score (nSPS) is 10.7. The van der Waals surface area contributed by atoms with Crippen LogP contribution in [0, 0.1) is 13.8 Å². The number of halogens is 1. The molecule has 0 aliphatic carbocycles. The third-order valence-corrected chi connectivity index (χ3v) is 3.87. The van der Waals surface area contributed by atoms with Gasteiger partial charge in [-0.3, -0.25) is 19.0 Å². The lowest BCUT2D eigenvalue weighted by Gasteiger charge is -2.05. The molecule has 0 spiro atoms. The Kier molecular flexibility index (Phi) is 5.38. The molecule has 0 aliphatic heterocycles. The number of aliphatic carboxylic acids is 1. The summed E-state index contributed by atoms with van der Waals surface area (Å²) in [7, 11) is 0. The molecule has 1 amide bonds. The van der Waals surface area contributed by atoms with Gasteiger partial charge in [0.05, 0.1) is 28.2 Å². The number of nitrogens with one attached hydrogen (secondary N) is 1. The van der Waals surface area contributed by atoms with Gasteiger partial charge in [-0.05, 0) is 20.3 Å². The minimum absolute atomic E-state index is 0.272. The zero-order chi connectivity index (χ0) is 17.0. The Balaban J connectivity index is 1.79. The van der Waals surface area contributed by atoms with Gasteiger partial charge in [0.15, 0.2) is 0 Å². The van der Waals surface area contributed by atoms with Crippen LogP contribution in [0.5, 0.6) is 0 Å². The molecule has 23 heavy (non-hydrogen) atoms. The summed E-state index contributed by atoms with van der Waals surface area (Å²) in [6, 6.07) is 0. The number of rotatable bonds is 7. The molecule has 0 atom stereocenters. The van der Waals surface area contributed by atoms with Crippen LogP contribution in [0.3, 0.4) is 0 Å². The van der Waals surface area contributed by atoms with Crippen molar-refractivity contribution in [2.45, 2.75) is 33.4 Å².